The first-order valence-electron chi connectivity index (χ1n) is 15.8. The van der Waals surface area contributed by atoms with Crippen LogP contribution in [0.3, 0.4) is 0 Å². The van der Waals surface area contributed by atoms with Crippen LogP contribution in [0.5, 0.6) is 0 Å². The molecule has 0 aliphatic carbocycles. The van der Waals surface area contributed by atoms with Crippen molar-refractivity contribution in [2.45, 2.75) is 38.9 Å². The van der Waals surface area contributed by atoms with Crippen LogP contribution in [-0.4, -0.2) is 84.4 Å². The van der Waals surface area contributed by atoms with Crippen LogP contribution in [0.1, 0.15) is 48.4 Å². The lowest BCUT2D eigenvalue weighted by Crippen LogP contribution is -2.36. The molecule has 14 nitrogen and oxygen atoms in total. The molecule has 0 spiro atoms. The average molecular weight is 693 g/mol. The maximum atomic E-state index is 14.3. The third-order valence-electron chi connectivity index (χ3n) is 7.90. The van der Waals surface area contributed by atoms with Gasteiger partial charge in [-0.3, -0.25) is 19.2 Å². The number of nitrogens with zero attached hydrogens (tertiary/aromatic N) is 7. The zero-order valence-corrected chi connectivity index (χ0v) is 27.8. The molecule has 2 amide bonds. The number of morpholine rings is 1. The third kappa shape index (κ3) is 7.73. The average Bonchev–Trinajstić information content (AvgIpc) is 3.82. The Morgan fingerprint density at radius 2 is 1.88 bits per heavy atom. The lowest BCUT2D eigenvalue weighted by molar-refractivity contribution is -0.138. The van der Waals surface area contributed by atoms with Crippen LogP contribution < -0.4 is 10.6 Å². The molecule has 1 saturated heterocycles. The van der Waals surface area contributed by atoms with Crippen molar-refractivity contribution in [2.75, 3.05) is 38.2 Å². The number of benzene rings is 1. The highest BCUT2D eigenvalue weighted by atomic mass is 19.4. The number of carbonyl (C=O) groups excluding carboxylic acids is 2. The van der Waals surface area contributed by atoms with Gasteiger partial charge in [-0.1, -0.05) is 44.1 Å². The van der Waals surface area contributed by atoms with Crippen LogP contribution in [0.2, 0.25) is 0 Å². The number of amides is 2. The summed E-state index contributed by atoms with van der Waals surface area (Å²) in [6, 6.07) is 5.41. The van der Waals surface area contributed by atoms with Crippen molar-refractivity contribution in [3.05, 3.63) is 71.7 Å². The fourth-order valence-corrected chi connectivity index (χ4v) is 5.32. The highest BCUT2D eigenvalue weighted by Crippen LogP contribution is 2.37. The second kappa shape index (κ2) is 13.8. The number of halogens is 3. The summed E-state index contributed by atoms with van der Waals surface area (Å²) >= 11 is 0. The molecule has 1 fully saturated rings. The van der Waals surface area contributed by atoms with Crippen molar-refractivity contribution in [3.63, 3.8) is 0 Å². The van der Waals surface area contributed by atoms with Gasteiger partial charge in [-0.2, -0.15) is 23.3 Å². The van der Waals surface area contributed by atoms with E-state index in [9.17, 15) is 22.8 Å². The number of aryl methyl sites for hydroxylation is 1. The Morgan fingerprint density at radius 3 is 2.60 bits per heavy atom. The van der Waals surface area contributed by atoms with Gasteiger partial charge >= 0.3 is 18.0 Å². The number of ether oxygens (including phenoxy) is 1. The number of hydrogen-bond acceptors (Lipinski definition) is 10. The van der Waals surface area contributed by atoms with Crippen molar-refractivity contribution in [1.82, 2.24) is 45.1 Å². The maximum absolute atomic E-state index is 14.3. The Balaban J connectivity index is 1.23. The minimum absolute atomic E-state index is 0.159. The normalized spacial score (nSPS) is 14.5. The molecular formula is C33H35F3N10O4. The predicted octanol–water partition coefficient (Wildman–Crippen LogP) is 4.48. The van der Waals surface area contributed by atoms with Crippen molar-refractivity contribution >= 4 is 28.7 Å². The first kappa shape index (κ1) is 34.4. The van der Waals surface area contributed by atoms with Gasteiger partial charge < -0.3 is 24.9 Å². The summed E-state index contributed by atoms with van der Waals surface area (Å²) in [4.78, 5) is 43.6. The standard InChI is InChI=1S/C33H35F3N10O4/c1-32(2,3)31-42-30(50-44-31)29(48)38-17-20-8-7-19(16-22(20)33(34,35)36)21-9-10-37-27-25(21)40-28(41-27)26-23(18-45(4)43-26)39-24(47)6-5-11-46-12-14-49-15-13-46/h5-10,16,18H,11-15,17H2,1-4H3,(H,38,48)(H,39,47)(H,37,40,41)/b6-5+. The molecule has 1 aliphatic heterocycles. The highest BCUT2D eigenvalue weighted by molar-refractivity contribution is 6.01. The molecule has 3 N–H and O–H groups in total. The molecule has 0 bridgehead atoms. The molecule has 0 atom stereocenters. The number of anilines is 1. The lowest BCUT2D eigenvalue weighted by atomic mass is 9.96. The SMILES string of the molecule is Cn1cc(NC(=O)/C=C/CN2CCOCC2)c(-c2nc3nccc(-c4ccc(CNC(=O)c5nc(C(C)(C)C)no5)c(C(F)(F)F)c4)c3[nH]2)n1. The summed E-state index contributed by atoms with van der Waals surface area (Å²) in [5.41, 5.74) is 0.391. The maximum Gasteiger partial charge on any atom is 0.416 e. The van der Waals surface area contributed by atoms with Crippen molar-refractivity contribution in [3.8, 4) is 22.6 Å². The quantitative estimate of drug-likeness (QED) is 0.187. The summed E-state index contributed by atoms with van der Waals surface area (Å²) < 4.78 is 54.9. The van der Waals surface area contributed by atoms with E-state index in [2.05, 4.69) is 45.7 Å². The summed E-state index contributed by atoms with van der Waals surface area (Å²) in [5.74, 6) is -0.931. The van der Waals surface area contributed by atoms with Crippen LogP contribution >= 0.6 is 0 Å². The van der Waals surface area contributed by atoms with E-state index < -0.39 is 29.6 Å². The molecule has 1 aromatic carbocycles. The fourth-order valence-electron chi connectivity index (χ4n) is 5.32. The van der Waals surface area contributed by atoms with Crippen molar-refractivity contribution in [1.29, 1.82) is 0 Å². The van der Waals surface area contributed by atoms with Crippen LogP contribution in [0.25, 0.3) is 33.8 Å². The Kier molecular flexibility index (Phi) is 9.53. The Hall–Kier alpha value is -5.42. The Labute approximate surface area is 284 Å². The van der Waals surface area contributed by atoms with E-state index in [1.165, 1.54) is 29.1 Å². The van der Waals surface area contributed by atoms with Crippen molar-refractivity contribution < 1.29 is 32.0 Å². The molecule has 50 heavy (non-hydrogen) atoms. The minimum atomic E-state index is -4.73. The van der Waals surface area contributed by atoms with Gasteiger partial charge in [-0.15, -0.1) is 0 Å². The van der Waals surface area contributed by atoms with E-state index in [4.69, 9.17) is 9.26 Å². The molecule has 5 heterocycles. The van der Waals surface area contributed by atoms with Gasteiger partial charge in [-0.05, 0) is 23.3 Å². The zero-order chi connectivity index (χ0) is 35.6. The Bertz CT molecular complexity index is 2050. The molecule has 5 aromatic rings. The molecule has 17 heteroatoms. The second-order valence-electron chi connectivity index (χ2n) is 12.7. The third-order valence-corrected chi connectivity index (χ3v) is 7.90. The molecule has 262 valence electrons. The van der Waals surface area contributed by atoms with E-state index in [0.717, 1.165) is 19.2 Å². The topological polar surface area (TPSA) is 169 Å². The molecule has 0 unspecified atom stereocenters. The van der Waals surface area contributed by atoms with Gasteiger partial charge in [0, 0.05) is 62.7 Å². The van der Waals surface area contributed by atoms with E-state index in [-0.39, 0.29) is 34.4 Å². The molecule has 4 aromatic heterocycles. The number of aromatic nitrogens is 7. The number of pyridine rings is 1. The smallest absolute Gasteiger partial charge is 0.379 e. The van der Waals surface area contributed by atoms with Gasteiger partial charge in [0.05, 0.1) is 30.0 Å². The minimum Gasteiger partial charge on any atom is -0.379 e. The predicted molar refractivity (Wildman–Crippen MR) is 176 cm³/mol. The highest BCUT2D eigenvalue weighted by Gasteiger charge is 2.34. The zero-order valence-electron chi connectivity index (χ0n) is 27.8. The van der Waals surface area contributed by atoms with Crippen molar-refractivity contribution in [2.24, 2.45) is 7.05 Å². The number of carbonyl (C=O) groups is 2. The molecular weight excluding hydrogens is 657 g/mol. The van der Waals surface area contributed by atoms with E-state index in [0.29, 0.717) is 48.0 Å². The monoisotopic (exact) mass is 692 g/mol. The number of rotatable bonds is 9. The van der Waals surface area contributed by atoms with Gasteiger partial charge in [0.15, 0.2) is 23.0 Å². The first-order valence-corrected chi connectivity index (χ1v) is 15.8. The molecule has 6 rings (SSSR count). The summed E-state index contributed by atoms with van der Waals surface area (Å²) in [5, 5.41) is 13.5. The summed E-state index contributed by atoms with van der Waals surface area (Å²) in [6.07, 6.45) is 1.56. The van der Waals surface area contributed by atoms with Crippen LogP contribution in [-0.2, 0) is 34.7 Å². The van der Waals surface area contributed by atoms with Crippen LogP contribution in [0.15, 0.2) is 53.3 Å². The molecule has 0 saturated carbocycles. The number of H-pyrrole nitrogens is 1. The summed E-state index contributed by atoms with van der Waals surface area (Å²) in [6.45, 7) is 8.58. The number of nitrogens with one attached hydrogen (secondary N) is 3. The second-order valence-corrected chi connectivity index (χ2v) is 12.7. The lowest BCUT2D eigenvalue weighted by Gasteiger charge is -2.24. The van der Waals surface area contributed by atoms with Crippen LogP contribution in [0, 0.1) is 0 Å². The van der Waals surface area contributed by atoms with Gasteiger partial charge in [-0.25, -0.2) is 9.97 Å². The van der Waals surface area contributed by atoms with Crippen LogP contribution in [0.4, 0.5) is 18.9 Å². The number of fused-ring (bicyclic) bond motifs is 1. The number of hydrogen-bond donors (Lipinski definition) is 3. The first-order chi connectivity index (χ1) is 23.8. The largest absolute Gasteiger partial charge is 0.416 e. The van der Waals surface area contributed by atoms with Gasteiger partial charge in [0.25, 0.3) is 0 Å². The van der Waals surface area contributed by atoms with E-state index >= 15 is 0 Å². The van der Waals surface area contributed by atoms with Gasteiger partial charge in [0.1, 0.15) is 0 Å². The van der Waals surface area contributed by atoms with Gasteiger partial charge in [0.2, 0.25) is 5.91 Å². The van der Waals surface area contributed by atoms with E-state index in [1.807, 2.05) is 20.8 Å². The number of aromatic amines is 1. The summed E-state index contributed by atoms with van der Waals surface area (Å²) in [7, 11) is 1.69. The fraction of sp³-hybridized carbons (Fsp3) is 0.364. The Morgan fingerprint density at radius 1 is 1.10 bits per heavy atom. The van der Waals surface area contributed by atoms with E-state index in [1.54, 1.807) is 25.4 Å². The molecule has 0 radical (unpaired) electrons. The molecule has 1 aliphatic rings. The number of imidazole rings is 1. The number of alkyl halides is 3.